The van der Waals surface area contributed by atoms with Gasteiger partial charge in [0.05, 0.1) is 10.3 Å². The molecule has 1 aliphatic heterocycles. The Labute approximate surface area is 117 Å². The molecular formula is C14H18N2O4. The van der Waals surface area contributed by atoms with Crippen LogP contribution in [-0.2, 0) is 4.79 Å². The molecule has 0 amide bonds. The molecular weight excluding hydrogens is 260 g/mol. The van der Waals surface area contributed by atoms with Crippen LogP contribution < -0.4 is 4.90 Å². The van der Waals surface area contributed by atoms with E-state index in [9.17, 15) is 20.0 Å². The van der Waals surface area contributed by atoms with E-state index >= 15 is 0 Å². The zero-order chi connectivity index (χ0) is 14.9. The molecule has 0 unspecified atom stereocenters. The summed E-state index contributed by atoms with van der Waals surface area (Å²) in [5, 5.41) is 19.9. The molecule has 0 aromatic heterocycles. The number of aryl methyl sites for hydroxylation is 1. The molecule has 1 aromatic rings. The van der Waals surface area contributed by atoms with Crippen LogP contribution in [0.2, 0.25) is 0 Å². The summed E-state index contributed by atoms with van der Waals surface area (Å²) in [6.45, 7) is 4.92. The highest BCUT2D eigenvalue weighted by Crippen LogP contribution is 2.34. The number of hydrogen-bond acceptors (Lipinski definition) is 4. The van der Waals surface area contributed by atoms with Crippen molar-refractivity contribution in [3.63, 3.8) is 0 Å². The Balaban J connectivity index is 2.15. The van der Waals surface area contributed by atoms with Crippen LogP contribution in [0, 0.1) is 22.5 Å². The van der Waals surface area contributed by atoms with Gasteiger partial charge in [-0.15, -0.1) is 0 Å². The van der Waals surface area contributed by atoms with Crippen molar-refractivity contribution < 1.29 is 14.8 Å². The van der Waals surface area contributed by atoms with Crippen LogP contribution in [0.25, 0.3) is 0 Å². The van der Waals surface area contributed by atoms with E-state index in [0.29, 0.717) is 25.9 Å². The molecule has 20 heavy (non-hydrogen) atoms. The first-order valence-corrected chi connectivity index (χ1v) is 6.57. The summed E-state index contributed by atoms with van der Waals surface area (Å²) in [5.41, 5.74) is 1.21. The molecule has 1 N–H and O–H groups in total. The third-order valence-corrected chi connectivity index (χ3v) is 4.12. The molecule has 0 bridgehead atoms. The molecule has 0 radical (unpaired) electrons. The maximum absolute atomic E-state index is 11.2. The molecule has 0 saturated carbocycles. The molecule has 1 fully saturated rings. The molecule has 1 heterocycles. The van der Waals surface area contributed by atoms with E-state index < -0.39 is 16.3 Å². The van der Waals surface area contributed by atoms with Gasteiger partial charge in [0.1, 0.15) is 0 Å². The minimum absolute atomic E-state index is 0.0821. The number of aliphatic carboxylic acids is 1. The Hall–Kier alpha value is -2.11. The van der Waals surface area contributed by atoms with Gasteiger partial charge in [0.25, 0.3) is 5.69 Å². The lowest BCUT2D eigenvalue weighted by molar-refractivity contribution is -0.384. The van der Waals surface area contributed by atoms with Crippen LogP contribution in [0.1, 0.15) is 25.3 Å². The fourth-order valence-corrected chi connectivity index (χ4v) is 2.56. The van der Waals surface area contributed by atoms with Gasteiger partial charge >= 0.3 is 5.97 Å². The number of anilines is 1. The predicted octanol–water partition coefficient (Wildman–Crippen LogP) is 2.59. The van der Waals surface area contributed by atoms with Crippen LogP contribution in [0.5, 0.6) is 0 Å². The van der Waals surface area contributed by atoms with Crippen molar-refractivity contribution >= 4 is 17.3 Å². The van der Waals surface area contributed by atoms with Crippen molar-refractivity contribution in [2.24, 2.45) is 5.41 Å². The van der Waals surface area contributed by atoms with Crippen LogP contribution in [0.15, 0.2) is 18.2 Å². The maximum Gasteiger partial charge on any atom is 0.309 e. The second kappa shape index (κ2) is 5.11. The molecule has 108 valence electrons. The van der Waals surface area contributed by atoms with E-state index in [2.05, 4.69) is 4.90 Å². The second-order valence-electron chi connectivity index (χ2n) is 5.58. The molecule has 0 atom stereocenters. The number of rotatable bonds is 3. The average molecular weight is 278 g/mol. The van der Waals surface area contributed by atoms with Gasteiger partial charge in [-0.25, -0.2) is 0 Å². The predicted molar refractivity (Wildman–Crippen MR) is 75.0 cm³/mol. The molecule has 1 aliphatic rings. The Morgan fingerprint density at radius 2 is 2.00 bits per heavy atom. The number of nitro groups is 1. The highest BCUT2D eigenvalue weighted by Gasteiger charge is 2.37. The zero-order valence-electron chi connectivity index (χ0n) is 11.6. The number of piperidine rings is 1. The van der Waals surface area contributed by atoms with Crippen molar-refractivity contribution in [1.29, 1.82) is 0 Å². The largest absolute Gasteiger partial charge is 0.481 e. The van der Waals surface area contributed by atoms with Crippen molar-refractivity contribution in [1.82, 2.24) is 0 Å². The normalized spacial score (nSPS) is 17.8. The summed E-state index contributed by atoms with van der Waals surface area (Å²) in [5.74, 6) is -0.752. The molecule has 0 aliphatic carbocycles. The van der Waals surface area contributed by atoms with Gasteiger partial charge in [-0.3, -0.25) is 14.9 Å². The van der Waals surface area contributed by atoms with Crippen LogP contribution in [0.3, 0.4) is 0 Å². The van der Waals surface area contributed by atoms with E-state index in [1.54, 1.807) is 19.1 Å². The van der Waals surface area contributed by atoms with Crippen LogP contribution in [-0.4, -0.2) is 29.1 Å². The van der Waals surface area contributed by atoms with Gasteiger partial charge in [-0.1, -0.05) is 0 Å². The Morgan fingerprint density at radius 1 is 1.40 bits per heavy atom. The van der Waals surface area contributed by atoms with Gasteiger partial charge in [-0.2, -0.15) is 0 Å². The van der Waals surface area contributed by atoms with Crippen LogP contribution in [0.4, 0.5) is 11.4 Å². The Bertz CT molecular complexity index is 548. The molecule has 1 saturated heterocycles. The summed E-state index contributed by atoms with van der Waals surface area (Å²) in [6.07, 6.45) is 1.16. The summed E-state index contributed by atoms with van der Waals surface area (Å²) in [6, 6.07) is 4.80. The summed E-state index contributed by atoms with van der Waals surface area (Å²) in [7, 11) is 0. The van der Waals surface area contributed by atoms with Gasteiger partial charge in [0.2, 0.25) is 0 Å². The highest BCUT2D eigenvalue weighted by atomic mass is 16.6. The number of nitrogens with zero attached hydrogens (tertiary/aromatic N) is 2. The lowest BCUT2D eigenvalue weighted by atomic mass is 9.80. The van der Waals surface area contributed by atoms with Crippen molar-refractivity contribution in [2.45, 2.75) is 26.7 Å². The van der Waals surface area contributed by atoms with E-state index in [-0.39, 0.29) is 5.69 Å². The average Bonchev–Trinajstić information content (AvgIpc) is 2.39. The number of carboxylic acid groups (broad SMARTS) is 1. The summed E-state index contributed by atoms with van der Waals surface area (Å²) < 4.78 is 0. The van der Waals surface area contributed by atoms with Gasteiger partial charge < -0.3 is 10.0 Å². The zero-order valence-corrected chi connectivity index (χ0v) is 11.6. The van der Waals surface area contributed by atoms with Crippen molar-refractivity contribution in [3.05, 3.63) is 33.9 Å². The first-order chi connectivity index (χ1) is 9.33. The lowest BCUT2D eigenvalue weighted by Gasteiger charge is -2.38. The second-order valence-corrected chi connectivity index (χ2v) is 5.58. The third kappa shape index (κ3) is 2.59. The molecule has 6 heteroatoms. The van der Waals surface area contributed by atoms with Gasteiger partial charge in [-0.05, 0) is 38.3 Å². The number of nitro benzene ring substituents is 1. The SMILES string of the molecule is Cc1cc([N+](=O)[O-])ccc1N1CCC(C)(C(=O)O)CC1. The van der Waals surface area contributed by atoms with Gasteiger partial charge in [0.15, 0.2) is 0 Å². The fraction of sp³-hybridized carbons (Fsp3) is 0.500. The number of carboxylic acids is 1. The number of benzene rings is 1. The molecule has 6 nitrogen and oxygen atoms in total. The number of carbonyl (C=O) groups is 1. The van der Waals surface area contributed by atoms with Crippen molar-refractivity contribution in [2.75, 3.05) is 18.0 Å². The van der Waals surface area contributed by atoms with E-state index in [1.165, 1.54) is 6.07 Å². The Morgan fingerprint density at radius 3 is 2.45 bits per heavy atom. The fourth-order valence-electron chi connectivity index (χ4n) is 2.56. The topological polar surface area (TPSA) is 83.7 Å². The molecule has 0 spiro atoms. The smallest absolute Gasteiger partial charge is 0.309 e. The van der Waals surface area contributed by atoms with E-state index in [4.69, 9.17) is 0 Å². The first-order valence-electron chi connectivity index (χ1n) is 6.57. The van der Waals surface area contributed by atoms with E-state index in [0.717, 1.165) is 11.3 Å². The summed E-state index contributed by atoms with van der Waals surface area (Å²) >= 11 is 0. The number of non-ortho nitro benzene ring substituents is 1. The summed E-state index contributed by atoms with van der Waals surface area (Å²) in [4.78, 5) is 23.6. The van der Waals surface area contributed by atoms with Gasteiger partial charge in [0, 0.05) is 30.9 Å². The van der Waals surface area contributed by atoms with Crippen molar-refractivity contribution in [3.8, 4) is 0 Å². The standard InChI is InChI=1S/C14H18N2O4/c1-10-9-11(16(19)20)3-4-12(10)15-7-5-14(2,6-8-15)13(17)18/h3-4,9H,5-8H2,1-2H3,(H,17,18). The molecule has 1 aromatic carbocycles. The monoisotopic (exact) mass is 278 g/mol. The van der Waals surface area contributed by atoms with Crippen LogP contribution >= 0.6 is 0 Å². The quantitative estimate of drug-likeness (QED) is 0.678. The first kappa shape index (κ1) is 14.3. The minimum Gasteiger partial charge on any atom is -0.481 e. The molecule has 2 rings (SSSR count). The maximum atomic E-state index is 11.2. The Kier molecular flexibility index (Phi) is 3.65. The highest BCUT2D eigenvalue weighted by molar-refractivity contribution is 5.74. The minimum atomic E-state index is -0.752. The lowest BCUT2D eigenvalue weighted by Crippen LogP contribution is -2.42. The third-order valence-electron chi connectivity index (χ3n) is 4.12. The van der Waals surface area contributed by atoms with E-state index in [1.807, 2.05) is 6.92 Å². The number of hydrogen-bond donors (Lipinski definition) is 1.